The molecule has 0 saturated carbocycles. The van der Waals surface area contributed by atoms with E-state index in [0.29, 0.717) is 12.6 Å². The van der Waals surface area contributed by atoms with Crippen LogP contribution in [0.1, 0.15) is 35.0 Å². The molecular formula is C16H18N2O3. The average molecular weight is 286 g/mol. The molecule has 5 heteroatoms. The van der Waals surface area contributed by atoms with Gasteiger partial charge in [-0.3, -0.25) is 0 Å². The van der Waals surface area contributed by atoms with Crippen molar-refractivity contribution >= 4 is 12.0 Å². The first-order chi connectivity index (χ1) is 10.3. The van der Waals surface area contributed by atoms with Crippen LogP contribution < -0.4 is 4.90 Å². The fraction of sp³-hybridized carbons (Fsp3) is 0.375. The molecule has 1 aromatic carbocycles. The topological polar surface area (TPSA) is 55.6 Å². The molecule has 0 bridgehead atoms. The van der Waals surface area contributed by atoms with Crippen molar-refractivity contribution in [3.05, 3.63) is 47.3 Å². The van der Waals surface area contributed by atoms with Crippen LogP contribution in [0.5, 0.6) is 0 Å². The number of esters is 1. The Labute approximate surface area is 123 Å². The van der Waals surface area contributed by atoms with Crippen molar-refractivity contribution in [2.24, 2.45) is 0 Å². The van der Waals surface area contributed by atoms with Crippen LogP contribution in [-0.4, -0.2) is 24.1 Å². The van der Waals surface area contributed by atoms with Gasteiger partial charge >= 0.3 is 5.97 Å². The molecule has 2 aromatic rings. The zero-order valence-electron chi connectivity index (χ0n) is 12.0. The number of fused-ring (bicyclic) bond motifs is 1. The summed E-state index contributed by atoms with van der Waals surface area (Å²) >= 11 is 0. The highest BCUT2D eigenvalue weighted by atomic mass is 16.5. The van der Waals surface area contributed by atoms with Crippen molar-refractivity contribution < 1.29 is 13.9 Å². The number of carbonyl (C=O) groups is 1. The number of carbonyl (C=O) groups excluding carboxylic acids is 1. The molecule has 3 rings (SSSR count). The third kappa shape index (κ3) is 2.91. The summed E-state index contributed by atoms with van der Waals surface area (Å²) in [6, 6.07) is 8.89. The van der Waals surface area contributed by atoms with E-state index in [1.165, 1.54) is 17.4 Å². The Morgan fingerprint density at radius 3 is 3.00 bits per heavy atom. The number of aryl methyl sites for hydroxylation is 1. The van der Waals surface area contributed by atoms with Gasteiger partial charge < -0.3 is 14.1 Å². The number of rotatable bonds is 3. The summed E-state index contributed by atoms with van der Waals surface area (Å²) in [5, 5.41) is 0. The van der Waals surface area contributed by atoms with Crippen molar-refractivity contribution in [1.82, 2.24) is 4.98 Å². The van der Waals surface area contributed by atoms with E-state index >= 15 is 0 Å². The van der Waals surface area contributed by atoms with Crippen molar-refractivity contribution in [1.29, 1.82) is 0 Å². The van der Waals surface area contributed by atoms with Crippen LogP contribution in [0.4, 0.5) is 6.01 Å². The number of oxazole rings is 1. The van der Waals surface area contributed by atoms with Gasteiger partial charge in [-0.2, -0.15) is 4.98 Å². The van der Waals surface area contributed by atoms with E-state index in [-0.39, 0.29) is 5.69 Å². The Bertz CT molecular complexity index is 636. The Morgan fingerprint density at radius 1 is 1.38 bits per heavy atom. The molecule has 1 aromatic heterocycles. The summed E-state index contributed by atoms with van der Waals surface area (Å²) in [7, 11) is 0. The monoisotopic (exact) mass is 286 g/mol. The van der Waals surface area contributed by atoms with E-state index in [9.17, 15) is 4.79 Å². The summed E-state index contributed by atoms with van der Waals surface area (Å²) < 4.78 is 10.4. The van der Waals surface area contributed by atoms with E-state index in [1.807, 2.05) is 6.07 Å². The van der Waals surface area contributed by atoms with Gasteiger partial charge in [-0.1, -0.05) is 24.3 Å². The van der Waals surface area contributed by atoms with Crippen molar-refractivity contribution in [2.45, 2.75) is 26.3 Å². The Kier molecular flexibility index (Phi) is 3.90. The van der Waals surface area contributed by atoms with Gasteiger partial charge in [0.05, 0.1) is 6.61 Å². The van der Waals surface area contributed by atoms with E-state index in [4.69, 9.17) is 9.15 Å². The Balaban J connectivity index is 1.80. The van der Waals surface area contributed by atoms with Gasteiger partial charge in [0.25, 0.3) is 6.01 Å². The molecule has 0 atom stereocenters. The zero-order chi connectivity index (χ0) is 14.7. The van der Waals surface area contributed by atoms with Gasteiger partial charge in [-0.25, -0.2) is 4.79 Å². The van der Waals surface area contributed by atoms with Gasteiger partial charge in [-0.05, 0) is 30.9 Å². The third-order valence-corrected chi connectivity index (χ3v) is 3.60. The van der Waals surface area contributed by atoms with Gasteiger partial charge in [0.15, 0.2) is 5.69 Å². The van der Waals surface area contributed by atoms with Gasteiger partial charge in [-0.15, -0.1) is 0 Å². The highest BCUT2D eigenvalue weighted by Crippen LogP contribution is 2.23. The second-order valence-corrected chi connectivity index (χ2v) is 5.03. The molecule has 1 aliphatic rings. The maximum absolute atomic E-state index is 11.6. The molecule has 2 heterocycles. The summed E-state index contributed by atoms with van der Waals surface area (Å²) in [6.07, 6.45) is 3.45. The number of nitrogens with zero attached hydrogens (tertiary/aromatic N) is 2. The Hall–Kier alpha value is -2.30. The predicted octanol–water partition coefficient (Wildman–Crippen LogP) is 2.80. The summed E-state index contributed by atoms with van der Waals surface area (Å²) in [5.74, 6) is -0.442. The molecule has 0 amide bonds. The average Bonchev–Trinajstić information content (AvgIpc) is 2.88. The van der Waals surface area contributed by atoms with Crippen molar-refractivity contribution in [3.63, 3.8) is 0 Å². The summed E-state index contributed by atoms with van der Waals surface area (Å²) in [4.78, 5) is 18.0. The first kappa shape index (κ1) is 13.7. The largest absolute Gasteiger partial charge is 0.461 e. The van der Waals surface area contributed by atoms with Crippen molar-refractivity contribution in [3.8, 4) is 0 Å². The predicted molar refractivity (Wildman–Crippen MR) is 78.3 cm³/mol. The maximum atomic E-state index is 11.6. The fourth-order valence-electron chi connectivity index (χ4n) is 2.57. The number of ether oxygens (including phenoxy) is 1. The number of aromatic nitrogens is 1. The third-order valence-electron chi connectivity index (χ3n) is 3.60. The van der Waals surface area contributed by atoms with Crippen molar-refractivity contribution in [2.75, 3.05) is 18.1 Å². The lowest BCUT2D eigenvalue weighted by Crippen LogP contribution is -2.23. The second-order valence-electron chi connectivity index (χ2n) is 5.03. The smallest absolute Gasteiger partial charge is 0.360 e. The second kappa shape index (κ2) is 5.99. The first-order valence-electron chi connectivity index (χ1n) is 7.22. The normalized spacial score (nSPS) is 14.4. The molecule has 0 fully saturated rings. The molecular weight excluding hydrogens is 268 g/mol. The number of hydrogen-bond donors (Lipinski definition) is 0. The molecule has 1 aliphatic heterocycles. The lowest BCUT2D eigenvalue weighted by Gasteiger charge is -2.18. The minimum Gasteiger partial charge on any atom is -0.461 e. The number of benzene rings is 1. The van der Waals surface area contributed by atoms with Crippen LogP contribution in [-0.2, 0) is 17.7 Å². The van der Waals surface area contributed by atoms with Crippen LogP contribution in [0.2, 0.25) is 0 Å². The zero-order valence-corrected chi connectivity index (χ0v) is 12.0. The Morgan fingerprint density at radius 2 is 2.19 bits per heavy atom. The quantitative estimate of drug-likeness (QED) is 0.812. The molecule has 0 N–H and O–H groups in total. The summed E-state index contributed by atoms with van der Waals surface area (Å²) in [5.41, 5.74) is 2.88. The van der Waals surface area contributed by atoms with Gasteiger partial charge in [0, 0.05) is 13.1 Å². The first-order valence-corrected chi connectivity index (χ1v) is 7.22. The fourth-order valence-corrected chi connectivity index (χ4v) is 2.57. The molecule has 21 heavy (non-hydrogen) atoms. The molecule has 0 spiro atoms. The van der Waals surface area contributed by atoms with E-state index in [2.05, 4.69) is 28.1 Å². The van der Waals surface area contributed by atoms with Crippen LogP contribution in [0, 0.1) is 0 Å². The van der Waals surface area contributed by atoms with Crippen LogP contribution >= 0.6 is 0 Å². The molecule has 0 unspecified atom stereocenters. The van der Waals surface area contributed by atoms with Crippen LogP contribution in [0.25, 0.3) is 0 Å². The van der Waals surface area contributed by atoms with E-state index in [0.717, 1.165) is 25.9 Å². The standard InChI is InChI=1S/C16H18N2O3/c1-2-20-15(19)14-11-21-16(17-14)18-9-5-8-12-6-3-4-7-13(12)10-18/h3-4,6-7,11H,2,5,8-10H2,1H3. The molecule has 0 saturated heterocycles. The molecule has 5 nitrogen and oxygen atoms in total. The molecule has 110 valence electrons. The lowest BCUT2D eigenvalue weighted by atomic mass is 10.0. The van der Waals surface area contributed by atoms with Gasteiger partial charge in [0.1, 0.15) is 6.26 Å². The van der Waals surface area contributed by atoms with E-state index in [1.54, 1.807) is 6.92 Å². The number of hydrogen-bond acceptors (Lipinski definition) is 5. The SMILES string of the molecule is CCOC(=O)c1coc(N2CCCc3ccccc3C2)n1. The maximum Gasteiger partial charge on any atom is 0.360 e. The number of anilines is 1. The molecule has 0 aliphatic carbocycles. The minimum atomic E-state index is -0.442. The van der Waals surface area contributed by atoms with E-state index < -0.39 is 5.97 Å². The minimum absolute atomic E-state index is 0.226. The van der Waals surface area contributed by atoms with Crippen LogP contribution in [0.15, 0.2) is 34.9 Å². The van der Waals surface area contributed by atoms with Crippen LogP contribution in [0.3, 0.4) is 0 Å². The lowest BCUT2D eigenvalue weighted by molar-refractivity contribution is 0.0519. The highest BCUT2D eigenvalue weighted by molar-refractivity contribution is 5.87. The van der Waals surface area contributed by atoms with Gasteiger partial charge in [0.2, 0.25) is 0 Å². The molecule has 0 radical (unpaired) electrons. The summed E-state index contributed by atoms with van der Waals surface area (Å²) in [6.45, 7) is 3.71. The highest BCUT2D eigenvalue weighted by Gasteiger charge is 2.20.